The third kappa shape index (κ3) is 8.61. The number of carbonyl (C=O) groups excluding carboxylic acids is 2. The molecule has 1 aromatic carbocycles. The van der Waals surface area contributed by atoms with Crippen LogP contribution in [0, 0.1) is 24.2 Å². The number of benzene rings is 1. The van der Waals surface area contributed by atoms with E-state index in [1.165, 1.54) is 6.33 Å². The van der Waals surface area contributed by atoms with Gasteiger partial charge in [-0.3, -0.25) is 9.59 Å². The zero-order valence-electron chi connectivity index (χ0n) is 14.1. The van der Waals surface area contributed by atoms with Gasteiger partial charge in [-0.05, 0) is 18.2 Å². The Hall–Kier alpha value is -2.51. The minimum Gasteiger partial charge on any atom is -0.344 e. The summed E-state index contributed by atoms with van der Waals surface area (Å²) in [5.41, 5.74) is 1.55. The molecule has 9 heteroatoms. The van der Waals surface area contributed by atoms with E-state index in [1.54, 1.807) is 0 Å². The first-order valence-corrected chi connectivity index (χ1v) is 8.94. The normalized spacial score (nSPS) is 9.11. The molecule has 140 valence electrons. The molecule has 1 heterocycles. The third-order valence-corrected chi connectivity index (χ3v) is 3.61. The molecule has 0 saturated carbocycles. The number of amides is 2. The van der Waals surface area contributed by atoms with Crippen LogP contribution in [0.15, 0.2) is 24.5 Å². The molecule has 0 radical (unpaired) electrons. The number of halogens is 3. The highest BCUT2D eigenvalue weighted by Gasteiger charge is 2.01. The van der Waals surface area contributed by atoms with Crippen LogP contribution in [0.1, 0.15) is 5.56 Å². The van der Waals surface area contributed by atoms with Crippen LogP contribution in [0.2, 0.25) is 5.15 Å². The minimum atomic E-state index is -0.245. The second-order valence-electron chi connectivity index (χ2n) is 4.72. The molecule has 2 amide bonds. The zero-order chi connectivity index (χ0) is 20.1. The summed E-state index contributed by atoms with van der Waals surface area (Å²) in [5.74, 6) is 7.42. The summed E-state index contributed by atoms with van der Waals surface area (Å²) in [6.07, 6.45) is 6.24. The molecule has 2 N–H and O–H groups in total. The summed E-state index contributed by atoms with van der Waals surface area (Å²) >= 11 is 16.4. The van der Waals surface area contributed by atoms with Crippen LogP contribution in [0.4, 0.5) is 0 Å². The number of terminal acetylenes is 1. The fraction of sp³-hybridized carbons (Fsp3) is 0.222. The van der Waals surface area contributed by atoms with Crippen molar-refractivity contribution >= 4 is 57.5 Å². The quantitative estimate of drug-likeness (QED) is 0.446. The standard InChI is InChI=1S/C13H9Cl2N3O.C5H6ClNO/c14-7-12(19)16-5-1-2-9-3-4-11-10(6-9)13(15)18-8-17-11;1-2-3-7-5(8)4-6/h3-4,6,8H,5,7H2,(H,16,19);1H,3-4H2,(H,7,8). The highest BCUT2D eigenvalue weighted by molar-refractivity contribution is 6.34. The average molecular weight is 426 g/mol. The molecule has 2 rings (SSSR count). The molecule has 6 nitrogen and oxygen atoms in total. The minimum absolute atomic E-state index is 0.0261. The first-order valence-electron chi connectivity index (χ1n) is 7.49. The summed E-state index contributed by atoms with van der Waals surface area (Å²) in [4.78, 5) is 29.1. The Kier molecular flexibility index (Phi) is 10.7. The number of aromatic nitrogens is 2. The summed E-state index contributed by atoms with van der Waals surface area (Å²) in [6, 6.07) is 5.47. The van der Waals surface area contributed by atoms with Crippen LogP contribution in [0.25, 0.3) is 10.9 Å². The van der Waals surface area contributed by atoms with Crippen molar-refractivity contribution in [3.8, 4) is 24.2 Å². The second-order valence-corrected chi connectivity index (χ2v) is 5.62. The van der Waals surface area contributed by atoms with E-state index in [4.69, 9.17) is 41.2 Å². The molecule has 0 bridgehead atoms. The fourth-order valence-electron chi connectivity index (χ4n) is 1.64. The van der Waals surface area contributed by atoms with Crippen molar-refractivity contribution in [3.63, 3.8) is 0 Å². The highest BCUT2D eigenvalue weighted by Crippen LogP contribution is 2.19. The van der Waals surface area contributed by atoms with Crippen LogP contribution in [0.5, 0.6) is 0 Å². The monoisotopic (exact) mass is 424 g/mol. The van der Waals surface area contributed by atoms with Gasteiger partial charge < -0.3 is 10.6 Å². The first-order chi connectivity index (χ1) is 13.0. The largest absolute Gasteiger partial charge is 0.344 e. The molecule has 0 aliphatic heterocycles. The van der Waals surface area contributed by atoms with Crippen molar-refractivity contribution in [1.82, 2.24) is 20.6 Å². The molecule has 0 atom stereocenters. The molecular weight excluding hydrogens is 411 g/mol. The summed E-state index contributed by atoms with van der Waals surface area (Å²) in [5, 5.41) is 6.07. The van der Waals surface area contributed by atoms with Crippen molar-refractivity contribution in [1.29, 1.82) is 0 Å². The number of nitrogens with zero attached hydrogens (tertiary/aromatic N) is 2. The Balaban J connectivity index is 0.000000387. The Bertz CT molecular complexity index is 901. The van der Waals surface area contributed by atoms with Crippen molar-refractivity contribution in [3.05, 3.63) is 35.2 Å². The van der Waals surface area contributed by atoms with Crippen LogP contribution < -0.4 is 10.6 Å². The van der Waals surface area contributed by atoms with Gasteiger partial charge in [-0.25, -0.2) is 9.97 Å². The Morgan fingerprint density at radius 2 is 1.74 bits per heavy atom. The summed E-state index contributed by atoms with van der Waals surface area (Å²) in [7, 11) is 0. The van der Waals surface area contributed by atoms with E-state index in [9.17, 15) is 9.59 Å². The maximum atomic E-state index is 10.9. The SMILES string of the molecule is C#CCNC(=O)CCl.O=C(CCl)NCC#Cc1ccc2ncnc(Cl)c2c1. The van der Waals surface area contributed by atoms with Crippen LogP contribution in [-0.4, -0.2) is 46.6 Å². The van der Waals surface area contributed by atoms with Crippen LogP contribution in [-0.2, 0) is 9.59 Å². The molecule has 0 fully saturated rings. The lowest BCUT2D eigenvalue weighted by Gasteiger charge is -1.99. The smallest absolute Gasteiger partial charge is 0.235 e. The number of fused-ring (bicyclic) bond motifs is 1. The van der Waals surface area contributed by atoms with Crippen LogP contribution >= 0.6 is 34.8 Å². The first kappa shape index (κ1) is 22.5. The van der Waals surface area contributed by atoms with Gasteiger partial charge in [0.25, 0.3) is 0 Å². The number of nitrogens with one attached hydrogen (secondary N) is 2. The zero-order valence-corrected chi connectivity index (χ0v) is 16.3. The van der Waals surface area contributed by atoms with Gasteiger partial charge in [-0.2, -0.15) is 0 Å². The van der Waals surface area contributed by atoms with E-state index in [2.05, 4.69) is 38.4 Å². The molecule has 0 aliphatic rings. The van der Waals surface area contributed by atoms with Gasteiger partial charge in [0.1, 0.15) is 23.2 Å². The van der Waals surface area contributed by atoms with E-state index < -0.39 is 0 Å². The van der Waals surface area contributed by atoms with Gasteiger partial charge in [-0.1, -0.05) is 29.4 Å². The van der Waals surface area contributed by atoms with Crippen molar-refractivity contribution in [2.45, 2.75) is 0 Å². The predicted octanol–water partition coefficient (Wildman–Crippen LogP) is 1.96. The molecular formula is C18H15Cl3N4O2. The van der Waals surface area contributed by atoms with Gasteiger partial charge in [0, 0.05) is 10.9 Å². The number of alkyl halides is 2. The molecule has 27 heavy (non-hydrogen) atoms. The molecule has 0 saturated heterocycles. The van der Waals surface area contributed by atoms with Gasteiger partial charge in [0.2, 0.25) is 11.8 Å². The number of hydrogen-bond acceptors (Lipinski definition) is 4. The topological polar surface area (TPSA) is 84.0 Å². The maximum Gasteiger partial charge on any atom is 0.235 e. The lowest BCUT2D eigenvalue weighted by atomic mass is 10.1. The maximum absolute atomic E-state index is 10.9. The predicted molar refractivity (Wildman–Crippen MR) is 108 cm³/mol. The number of carbonyl (C=O) groups is 2. The molecule has 0 unspecified atom stereocenters. The lowest BCUT2D eigenvalue weighted by molar-refractivity contribution is -0.119. The highest BCUT2D eigenvalue weighted by atomic mass is 35.5. The van der Waals surface area contributed by atoms with Gasteiger partial charge >= 0.3 is 0 Å². The molecule has 2 aromatic rings. The molecule has 1 aromatic heterocycles. The van der Waals surface area contributed by atoms with Crippen molar-refractivity contribution in [2.24, 2.45) is 0 Å². The van der Waals surface area contributed by atoms with Crippen LogP contribution in [0.3, 0.4) is 0 Å². The third-order valence-electron chi connectivity index (χ3n) is 2.82. The average Bonchev–Trinajstić information content (AvgIpc) is 2.70. The molecule has 0 spiro atoms. The summed E-state index contributed by atoms with van der Waals surface area (Å²) < 4.78 is 0. The van der Waals surface area contributed by atoms with Gasteiger partial charge in [0.15, 0.2) is 0 Å². The Labute approximate surface area is 172 Å². The number of rotatable bonds is 4. The Morgan fingerprint density at radius 3 is 2.37 bits per heavy atom. The lowest BCUT2D eigenvalue weighted by Crippen LogP contribution is -2.24. The molecule has 0 aliphatic carbocycles. The number of hydrogen-bond donors (Lipinski definition) is 2. The van der Waals surface area contributed by atoms with Crippen molar-refractivity contribution in [2.75, 3.05) is 24.8 Å². The van der Waals surface area contributed by atoms with Gasteiger partial charge in [-0.15, -0.1) is 29.6 Å². The second kappa shape index (κ2) is 12.8. The van der Waals surface area contributed by atoms with E-state index in [-0.39, 0.29) is 36.7 Å². The van der Waals surface area contributed by atoms with E-state index in [0.29, 0.717) is 5.15 Å². The van der Waals surface area contributed by atoms with E-state index >= 15 is 0 Å². The van der Waals surface area contributed by atoms with Crippen molar-refractivity contribution < 1.29 is 9.59 Å². The Morgan fingerprint density at radius 1 is 1.07 bits per heavy atom. The van der Waals surface area contributed by atoms with E-state index in [1.807, 2.05) is 18.2 Å². The van der Waals surface area contributed by atoms with Gasteiger partial charge in [0.05, 0.1) is 18.6 Å². The summed E-state index contributed by atoms with van der Waals surface area (Å²) in [6.45, 7) is 0.508. The van der Waals surface area contributed by atoms with E-state index in [0.717, 1.165) is 16.5 Å². The fourth-order valence-corrected chi connectivity index (χ4v) is 2.02.